The molecule has 1 aliphatic heterocycles. The Morgan fingerprint density at radius 3 is 2.73 bits per heavy atom. The van der Waals surface area contributed by atoms with Gasteiger partial charge in [-0.3, -0.25) is 9.59 Å². The van der Waals surface area contributed by atoms with E-state index in [2.05, 4.69) is 15.4 Å². The van der Waals surface area contributed by atoms with Crippen molar-refractivity contribution in [1.82, 2.24) is 14.8 Å². The smallest absolute Gasteiger partial charge is 0.252 e. The number of pyridine rings is 1. The molecule has 1 aliphatic rings. The number of nitrogens with one attached hydrogen (secondary N) is 2. The van der Waals surface area contributed by atoms with Crippen molar-refractivity contribution in [2.45, 2.75) is 5.25 Å². The maximum atomic E-state index is 12.3. The van der Waals surface area contributed by atoms with E-state index in [1.54, 1.807) is 36.3 Å². The Bertz CT molecular complexity index is 1010. The number of rotatable bonds is 3. The lowest BCUT2D eigenvalue weighted by Crippen LogP contribution is -2.15. The molecule has 0 spiro atoms. The number of benzene rings is 1. The van der Waals surface area contributed by atoms with Crippen molar-refractivity contribution in [2.75, 3.05) is 18.2 Å². The summed E-state index contributed by atoms with van der Waals surface area (Å²) >= 11 is 1.41. The normalized spacial score (nSPS) is 16.5. The van der Waals surface area contributed by atoms with E-state index in [9.17, 15) is 9.59 Å². The molecule has 0 radical (unpaired) electrons. The van der Waals surface area contributed by atoms with Crippen molar-refractivity contribution in [1.29, 1.82) is 0 Å². The first-order valence-corrected chi connectivity index (χ1v) is 9.03. The predicted octanol–water partition coefficient (Wildman–Crippen LogP) is 2.34. The van der Waals surface area contributed by atoms with Crippen LogP contribution in [0.3, 0.4) is 0 Å². The van der Waals surface area contributed by atoms with Crippen molar-refractivity contribution in [3.8, 4) is 11.4 Å². The Morgan fingerprint density at radius 1 is 1.19 bits per heavy atom. The molecule has 1 amide bonds. The average Bonchev–Trinajstić information content (AvgIpc) is 2.99. The monoisotopic (exact) mass is 368 g/mol. The lowest BCUT2D eigenvalue weighted by Gasteiger charge is -2.13. The molecule has 1 atom stereocenters. The van der Waals surface area contributed by atoms with E-state index in [1.807, 2.05) is 24.3 Å². The van der Waals surface area contributed by atoms with Gasteiger partial charge < -0.3 is 15.0 Å². The Kier molecular flexibility index (Phi) is 4.26. The quantitative estimate of drug-likeness (QED) is 0.741. The van der Waals surface area contributed by atoms with Gasteiger partial charge in [-0.1, -0.05) is 6.07 Å². The molecule has 2 aromatic heterocycles. The van der Waals surface area contributed by atoms with Crippen LogP contribution >= 0.6 is 11.8 Å². The number of fused-ring (bicyclic) bond motifs is 1. The second-order valence-corrected chi connectivity index (χ2v) is 6.85. The molecule has 0 unspecified atom stereocenters. The van der Waals surface area contributed by atoms with Gasteiger partial charge in [-0.2, -0.15) is 5.10 Å². The van der Waals surface area contributed by atoms with Crippen LogP contribution < -0.4 is 15.6 Å². The predicted molar refractivity (Wildman–Crippen MR) is 100 cm³/mol. The average molecular weight is 368 g/mol. The van der Waals surface area contributed by atoms with Crippen LogP contribution in [0.2, 0.25) is 0 Å². The Balaban J connectivity index is 1.83. The number of amides is 1. The molecule has 0 aliphatic carbocycles. The fourth-order valence-corrected chi connectivity index (χ4v) is 4.02. The highest BCUT2D eigenvalue weighted by Gasteiger charge is 2.29. The van der Waals surface area contributed by atoms with E-state index in [4.69, 9.17) is 4.74 Å². The zero-order valence-electron chi connectivity index (χ0n) is 13.9. The molecule has 7 nitrogen and oxygen atoms in total. The summed E-state index contributed by atoms with van der Waals surface area (Å²) in [5.74, 6) is 1.45. The van der Waals surface area contributed by atoms with Gasteiger partial charge in [0.05, 0.1) is 30.0 Å². The fraction of sp³-hybridized carbons (Fsp3) is 0.167. The number of aromatic nitrogens is 3. The summed E-state index contributed by atoms with van der Waals surface area (Å²) < 4.78 is 6.85. The van der Waals surface area contributed by atoms with Crippen LogP contribution in [0.5, 0.6) is 5.75 Å². The van der Waals surface area contributed by atoms with Crippen molar-refractivity contribution in [3.05, 3.63) is 70.3 Å². The van der Waals surface area contributed by atoms with Crippen molar-refractivity contribution in [2.24, 2.45) is 0 Å². The van der Waals surface area contributed by atoms with Crippen LogP contribution in [0.15, 0.2) is 53.6 Å². The highest BCUT2D eigenvalue weighted by atomic mass is 32.2. The molecule has 8 heteroatoms. The Morgan fingerprint density at radius 2 is 2.00 bits per heavy atom. The first kappa shape index (κ1) is 16.5. The number of hydrogen-bond donors (Lipinski definition) is 2. The number of carbonyl (C=O) groups is 1. The van der Waals surface area contributed by atoms with Gasteiger partial charge in [-0.05, 0) is 30.3 Å². The molecule has 0 fully saturated rings. The van der Waals surface area contributed by atoms with E-state index in [0.717, 1.165) is 17.0 Å². The summed E-state index contributed by atoms with van der Waals surface area (Å²) in [4.78, 5) is 27.2. The maximum absolute atomic E-state index is 12.3. The Hall–Kier alpha value is -3.00. The largest absolute Gasteiger partial charge is 0.497 e. The first-order valence-electron chi connectivity index (χ1n) is 7.99. The third kappa shape index (κ3) is 2.88. The number of anilines is 1. The third-order valence-electron chi connectivity index (χ3n) is 4.17. The van der Waals surface area contributed by atoms with Gasteiger partial charge in [0.25, 0.3) is 5.56 Å². The molecule has 0 saturated heterocycles. The summed E-state index contributed by atoms with van der Waals surface area (Å²) in [6.07, 6.45) is 3.30. The van der Waals surface area contributed by atoms with Gasteiger partial charge in [0.2, 0.25) is 5.91 Å². The van der Waals surface area contributed by atoms with E-state index >= 15 is 0 Å². The summed E-state index contributed by atoms with van der Waals surface area (Å²) in [5.41, 5.74) is 2.03. The highest BCUT2D eigenvalue weighted by Crippen LogP contribution is 2.40. The minimum atomic E-state index is -0.277. The number of H-pyrrole nitrogens is 1. The fourth-order valence-electron chi connectivity index (χ4n) is 2.91. The number of ether oxygens (including phenoxy) is 1. The zero-order valence-corrected chi connectivity index (χ0v) is 14.7. The van der Waals surface area contributed by atoms with E-state index < -0.39 is 0 Å². The molecule has 3 heterocycles. The van der Waals surface area contributed by atoms with Crippen molar-refractivity contribution >= 4 is 23.5 Å². The molecule has 3 aromatic rings. The minimum Gasteiger partial charge on any atom is -0.497 e. The molecule has 2 N–H and O–H groups in total. The van der Waals surface area contributed by atoms with Gasteiger partial charge in [-0.15, -0.1) is 11.8 Å². The topological polar surface area (TPSA) is 89.0 Å². The van der Waals surface area contributed by atoms with Gasteiger partial charge >= 0.3 is 0 Å². The van der Waals surface area contributed by atoms with Crippen molar-refractivity contribution < 1.29 is 9.53 Å². The zero-order chi connectivity index (χ0) is 18.1. The summed E-state index contributed by atoms with van der Waals surface area (Å²) in [6, 6.07) is 10.9. The van der Waals surface area contributed by atoms with Crippen LogP contribution in [-0.2, 0) is 4.79 Å². The van der Waals surface area contributed by atoms with Gasteiger partial charge in [-0.25, -0.2) is 4.68 Å². The standard InChI is InChI=1S/C18H16N4O3S/c1-25-12-6-4-11(5-7-12)22-17-14(9-20-22)16(26-10-15(23)21-17)13-3-2-8-19-18(13)24/h2-9,16H,10H2,1H3,(H,19,24)(H,21,23)/t16-/m0/s1. The minimum absolute atomic E-state index is 0.124. The molecular formula is C18H16N4O3S. The number of aromatic amines is 1. The summed E-state index contributed by atoms with van der Waals surface area (Å²) in [7, 11) is 1.61. The number of carbonyl (C=O) groups excluding carboxylic acids is 1. The van der Waals surface area contributed by atoms with Crippen LogP contribution in [0, 0.1) is 0 Å². The van der Waals surface area contributed by atoms with E-state index in [-0.39, 0.29) is 22.5 Å². The van der Waals surface area contributed by atoms with Gasteiger partial charge in [0.15, 0.2) is 0 Å². The highest BCUT2D eigenvalue weighted by molar-refractivity contribution is 8.00. The number of nitrogens with zero attached hydrogens (tertiary/aromatic N) is 2. The van der Waals surface area contributed by atoms with Crippen LogP contribution in [0.1, 0.15) is 16.4 Å². The molecule has 1 aromatic carbocycles. The molecule has 26 heavy (non-hydrogen) atoms. The third-order valence-corrected chi connectivity index (χ3v) is 5.44. The van der Waals surface area contributed by atoms with E-state index in [0.29, 0.717) is 11.4 Å². The molecule has 0 bridgehead atoms. The summed E-state index contributed by atoms with van der Waals surface area (Å²) in [6.45, 7) is 0. The number of hydrogen-bond acceptors (Lipinski definition) is 5. The number of thioether (sulfide) groups is 1. The molecular weight excluding hydrogens is 352 g/mol. The second kappa shape index (κ2) is 6.72. The van der Waals surface area contributed by atoms with Crippen LogP contribution in [0.4, 0.5) is 5.82 Å². The van der Waals surface area contributed by atoms with Crippen LogP contribution in [-0.4, -0.2) is 33.5 Å². The maximum Gasteiger partial charge on any atom is 0.252 e. The molecule has 0 saturated carbocycles. The first-order chi connectivity index (χ1) is 12.7. The van der Waals surface area contributed by atoms with E-state index in [1.165, 1.54) is 11.8 Å². The Labute approximate surface area is 153 Å². The molecule has 4 rings (SSSR count). The lowest BCUT2D eigenvalue weighted by atomic mass is 10.1. The number of methoxy groups -OCH3 is 1. The second-order valence-electron chi connectivity index (χ2n) is 5.75. The van der Waals surface area contributed by atoms with Gasteiger partial charge in [0, 0.05) is 17.3 Å². The summed E-state index contributed by atoms with van der Waals surface area (Å²) in [5, 5.41) is 7.08. The SMILES string of the molecule is COc1ccc(-n2ncc3c2NC(=O)CS[C@H]3c2ccc[nH]c2=O)cc1. The van der Waals surface area contributed by atoms with Gasteiger partial charge in [0.1, 0.15) is 11.6 Å². The van der Waals surface area contributed by atoms with Crippen LogP contribution in [0.25, 0.3) is 5.69 Å². The molecule has 132 valence electrons. The lowest BCUT2D eigenvalue weighted by molar-refractivity contribution is -0.113. The van der Waals surface area contributed by atoms with Crippen molar-refractivity contribution in [3.63, 3.8) is 0 Å².